The quantitative estimate of drug-likeness (QED) is 0.0365. The molecule has 4 heterocycles. The molecule has 0 spiro atoms. The second kappa shape index (κ2) is 35.3. The molecule has 4 aromatic heterocycles. The van der Waals surface area contributed by atoms with Crippen LogP contribution < -0.4 is 9.47 Å². The van der Waals surface area contributed by atoms with Gasteiger partial charge in [-0.25, -0.2) is 9.97 Å². The van der Waals surface area contributed by atoms with Crippen molar-refractivity contribution >= 4 is 97.4 Å². The van der Waals surface area contributed by atoms with E-state index in [0.29, 0.717) is 11.8 Å². The average molecular weight is 1160 g/mol. The van der Waals surface area contributed by atoms with Crippen LogP contribution in [-0.2, 0) is 12.8 Å². The number of aromatic nitrogens is 2. The van der Waals surface area contributed by atoms with Gasteiger partial charge < -0.3 is 9.47 Å². The van der Waals surface area contributed by atoms with E-state index in [4.69, 9.17) is 19.4 Å². The molecule has 70 heavy (non-hydrogen) atoms. The number of halogens is 2. The molecule has 0 bridgehead atoms. The Morgan fingerprint density at radius 2 is 0.729 bits per heavy atom. The van der Waals surface area contributed by atoms with Crippen LogP contribution in [0.25, 0.3) is 39.9 Å². The number of thiophene rings is 2. The second-order valence-electron chi connectivity index (χ2n) is 20.6. The van der Waals surface area contributed by atoms with Gasteiger partial charge in [-0.3, -0.25) is 0 Å². The maximum absolute atomic E-state index is 7.16. The lowest BCUT2D eigenvalue weighted by molar-refractivity contribution is 0.235. The zero-order valence-electron chi connectivity index (χ0n) is 44.9. The fourth-order valence-electron chi connectivity index (χ4n) is 9.85. The third kappa shape index (κ3) is 19.9. The van der Waals surface area contributed by atoms with Crippen LogP contribution >= 0.6 is 77.2 Å². The van der Waals surface area contributed by atoms with Crippen LogP contribution in [0.4, 0.5) is 0 Å². The van der Waals surface area contributed by atoms with E-state index in [1.54, 1.807) is 22.7 Å². The standard InChI is InChI=1S/C60H94Br2N2O2S4/c1-7-13-17-19-21-23-25-27-29-31-33-35-39-49-57(61)69-59(63-49)51-41-47-53(65-43-45(11-5)37-15-9-3)56-48(54(55(47)67-51)66-44-46(12-6)38-16-10-4)42-52(68-56)60-64-50(58(62)70-60)40-36-34-32-30-28-26-24-22-20-18-14-8-2/h41-42,45-46H,7-40,43-44H2,1-6H3. The van der Waals surface area contributed by atoms with Crippen molar-refractivity contribution in [2.45, 2.75) is 260 Å². The van der Waals surface area contributed by atoms with Gasteiger partial charge >= 0.3 is 0 Å². The number of unbranched alkanes of at least 4 members (excludes halogenated alkanes) is 24. The largest absolute Gasteiger partial charge is 0.491 e. The highest BCUT2D eigenvalue weighted by Crippen LogP contribution is 2.54. The molecule has 0 aliphatic rings. The Bertz CT molecular complexity index is 1950. The number of hydrogen-bond donors (Lipinski definition) is 0. The molecule has 5 rings (SSSR count). The van der Waals surface area contributed by atoms with Gasteiger partial charge in [0.25, 0.3) is 0 Å². The average Bonchev–Trinajstić information content (AvgIpc) is 4.18. The summed E-state index contributed by atoms with van der Waals surface area (Å²) in [6.07, 6.45) is 44.4. The highest BCUT2D eigenvalue weighted by atomic mass is 79.9. The minimum atomic E-state index is 0.526. The summed E-state index contributed by atoms with van der Waals surface area (Å²) in [7, 11) is 0. The van der Waals surface area contributed by atoms with Gasteiger partial charge in [-0.2, -0.15) is 0 Å². The van der Waals surface area contributed by atoms with Gasteiger partial charge in [-0.1, -0.05) is 221 Å². The number of thiazole rings is 2. The summed E-state index contributed by atoms with van der Waals surface area (Å²) in [6, 6.07) is 4.77. The first-order valence-corrected chi connectivity index (χ1v) is 33.8. The maximum Gasteiger partial charge on any atom is 0.146 e. The molecule has 0 amide bonds. The highest BCUT2D eigenvalue weighted by Gasteiger charge is 2.26. The monoisotopic (exact) mass is 1160 g/mol. The molecule has 0 N–H and O–H groups in total. The lowest BCUT2D eigenvalue weighted by atomic mass is 10.0. The number of nitrogens with zero attached hydrogens (tertiary/aromatic N) is 2. The minimum absolute atomic E-state index is 0.526. The third-order valence-corrected chi connectivity index (χ3v) is 20.9. The van der Waals surface area contributed by atoms with E-state index in [1.807, 2.05) is 22.7 Å². The van der Waals surface area contributed by atoms with Crippen molar-refractivity contribution in [3.63, 3.8) is 0 Å². The van der Waals surface area contributed by atoms with Crippen LogP contribution in [0.3, 0.4) is 0 Å². The first-order valence-electron chi connectivity index (χ1n) is 28.9. The molecule has 0 saturated carbocycles. The second-order valence-corrected chi connectivity index (χ2v) is 27.3. The molecule has 1 aromatic carbocycles. The fourth-order valence-corrected chi connectivity index (χ4v) is 15.5. The number of fused-ring (bicyclic) bond motifs is 2. The minimum Gasteiger partial charge on any atom is -0.491 e. The number of benzene rings is 1. The first-order chi connectivity index (χ1) is 34.3. The van der Waals surface area contributed by atoms with E-state index in [1.165, 1.54) is 242 Å². The van der Waals surface area contributed by atoms with Crippen LogP contribution in [-0.4, -0.2) is 23.2 Å². The van der Waals surface area contributed by atoms with Gasteiger partial charge in [0.1, 0.15) is 21.5 Å². The summed E-state index contributed by atoms with van der Waals surface area (Å²) in [5, 5.41) is 4.54. The molecule has 0 aliphatic carbocycles. The molecule has 5 aromatic rings. The summed E-state index contributed by atoms with van der Waals surface area (Å²) >= 11 is 15.2. The molecule has 0 saturated heterocycles. The van der Waals surface area contributed by atoms with E-state index in [9.17, 15) is 0 Å². The van der Waals surface area contributed by atoms with E-state index < -0.39 is 0 Å². The fraction of sp³-hybridized carbons (Fsp3) is 0.733. The van der Waals surface area contributed by atoms with Crippen molar-refractivity contribution < 1.29 is 9.47 Å². The Hall–Kier alpha value is -1.04. The van der Waals surface area contributed by atoms with Crippen LogP contribution in [0.5, 0.6) is 11.5 Å². The maximum atomic E-state index is 7.16. The lowest BCUT2D eigenvalue weighted by Gasteiger charge is -2.19. The van der Waals surface area contributed by atoms with Gasteiger partial charge in [0, 0.05) is 10.8 Å². The van der Waals surface area contributed by atoms with E-state index in [2.05, 4.69) is 85.5 Å². The van der Waals surface area contributed by atoms with E-state index in [-0.39, 0.29) is 0 Å². The summed E-state index contributed by atoms with van der Waals surface area (Å²) < 4.78 is 19.0. The Labute approximate surface area is 460 Å². The summed E-state index contributed by atoms with van der Waals surface area (Å²) in [4.78, 5) is 13.1. The lowest BCUT2D eigenvalue weighted by Crippen LogP contribution is -2.12. The Morgan fingerprint density at radius 1 is 0.414 bits per heavy atom. The predicted octanol–water partition coefficient (Wildman–Crippen LogP) is 23.6. The van der Waals surface area contributed by atoms with Crippen molar-refractivity contribution in [3.05, 3.63) is 31.1 Å². The van der Waals surface area contributed by atoms with Crippen molar-refractivity contribution in [3.8, 4) is 31.3 Å². The molecule has 0 aliphatic heterocycles. The van der Waals surface area contributed by atoms with Gasteiger partial charge in [0.2, 0.25) is 0 Å². The van der Waals surface area contributed by atoms with Crippen LogP contribution in [0, 0.1) is 11.8 Å². The molecule has 0 fully saturated rings. The molecule has 0 radical (unpaired) electrons. The van der Waals surface area contributed by atoms with Crippen LogP contribution in [0.2, 0.25) is 0 Å². The van der Waals surface area contributed by atoms with Gasteiger partial charge in [-0.05, 0) is 94.4 Å². The Balaban J connectivity index is 1.36. The zero-order valence-corrected chi connectivity index (χ0v) is 51.3. The van der Waals surface area contributed by atoms with Gasteiger partial charge in [0.15, 0.2) is 0 Å². The number of ether oxygens (including phenoxy) is 2. The molecule has 394 valence electrons. The smallest absolute Gasteiger partial charge is 0.146 e. The molecule has 2 atom stereocenters. The van der Waals surface area contributed by atoms with Crippen molar-refractivity contribution in [1.82, 2.24) is 9.97 Å². The highest BCUT2D eigenvalue weighted by molar-refractivity contribution is 9.11. The predicted molar refractivity (Wildman–Crippen MR) is 322 cm³/mol. The SMILES string of the molecule is CCCCCCCCCCCCCCc1nc(-c2cc3c(OCC(CC)CCCC)c4sc(-c5nc(CCCCCCCCCCCCCC)c(Br)s5)cc4c(OCC(CC)CCCC)c3s2)sc1Br. The molecule has 4 nitrogen and oxygen atoms in total. The molecule has 10 heteroatoms. The molecule has 2 unspecified atom stereocenters. The Morgan fingerprint density at radius 3 is 1.04 bits per heavy atom. The zero-order chi connectivity index (χ0) is 49.8. The van der Waals surface area contributed by atoms with Crippen molar-refractivity contribution in [1.29, 1.82) is 0 Å². The number of aryl methyl sites for hydroxylation is 2. The summed E-state index contributed by atoms with van der Waals surface area (Å²) in [5.41, 5.74) is 2.42. The molecular formula is C60H94Br2N2O2S4. The first kappa shape index (κ1) is 59.8. The number of rotatable bonds is 42. The van der Waals surface area contributed by atoms with Crippen LogP contribution in [0.15, 0.2) is 19.7 Å². The molecular weight excluding hydrogens is 1070 g/mol. The number of hydrogen-bond acceptors (Lipinski definition) is 8. The van der Waals surface area contributed by atoms with Gasteiger partial charge in [-0.15, -0.1) is 45.3 Å². The third-order valence-electron chi connectivity index (χ3n) is 14.6. The topological polar surface area (TPSA) is 44.2 Å². The van der Waals surface area contributed by atoms with E-state index >= 15 is 0 Å². The van der Waals surface area contributed by atoms with E-state index in [0.717, 1.165) is 60.4 Å². The van der Waals surface area contributed by atoms with Gasteiger partial charge in [0.05, 0.1) is 51.3 Å². The van der Waals surface area contributed by atoms with Crippen molar-refractivity contribution in [2.24, 2.45) is 11.8 Å². The summed E-state index contributed by atoms with van der Waals surface area (Å²) in [6.45, 7) is 15.3. The van der Waals surface area contributed by atoms with Crippen LogP contribution in [0.1, 0.15) is 258 Å². The normalized spacial score (nSPS) is 12.8. The van der Waals surface area contributed by atoms with Crippen molar-refractivity contribution in [2.75, 3.05) is 13.2 Å². The summed E-state index contributed by atoms with van der Waals surface area (Å²) in [5.74, 6) is 3.09. The Kier molecular flexibility index (Phi) is 30.1.